The maximum atomic E-state index is 12.1. The second-order valence-electron chi connectivity index (χ2n) is 6.47. The summed E-state index contributed by atoms with van der Waals surface area (Å²) < 4.78 is 1.53. The molecule has 4 rings (SSSR count). The van der Waals surface area contributed by atoms with Crippen molar-refractivity contribution in [3.05, 3.63) is 52.8 Å². The maximum absolute atomic E-state index is 12.1. The van der Waals surface area contributed by atoms with Crippen LogP contribution in [0.25, 0.3) is 11.3 Å². The summed E-state index contributed by atoms with van der Waals surface area (Å²) in [5.74, 6) is 0.819. The van der Waals surface area contributed by atoms with Gasteiger partial charge in [0.1, 0.15) is 0 Å². The monoisotopic (exact) mass is 309 g/mol. The van der Waals surface area contributed by atoms with Crippen molar-refractivity contribution in [2.75, 3.05) is 13.1 Å². The molecule has 5 nitrogen and oxygen atoms in total. The van der Waals surface area contributed by atoms with E-state index in [0.29, 0.717) is 25.4 Å². The molecule has 1 saturated heterocycles. The Morgan fingerprint density at radius 2 is 1.83 bits per heavy atom. The van der Waals surface area contributed by atoms with Gasteiger partial charge in [0.2, 0.25) is 5.91 Å². The molecule has 5 heteroatoms. The average Bonchev–Trinajstić information content (AvgIpc) is 3.32. The minimum atomic E-state index is -0.107. The standard InChI is InChI=1S/C18H19N3O2/c22-17-9-8-16(14-4-2-1-3-5-14)19-21(17)15-11-20(12-15)18(23)10-13-6-7-13/h1-5,8-9,13,15H,6-7,10-12H2. The first-order chi connectivity index (χ1) is 11.2. The lowest BCUT2D eigenvalue weighted by Gasteiger charge is -2.39. The van der Waals surface area contributed by atoms with Gasteiger partial charge in [-0.2, -0.15) is 5.10 Å². The number of likely N-dealkylation sites (tertiary alicyclic amines) is 1. The van der Waals surface area contributed by atoms with Gasteiger partial charge in [0.15, 0.2) is 0 Å². The van der Waals surface area contributed by atoms with E-state index < -0.39 is 0 Å². The van der Waals surface area contributed by atoms with Gasteiger partial charge >= 0.3 is 0 Å². The number of amides is 1. The van der Waals surface area contributed by atoms with Crippen LogP contribution < -0.4 is 5.56 Å². The maximum Gasteiger partial charge on any atom is 0.267 e. The fraction of sp³-hybridized carbons (Fsp3) is 0.389. The first-order valence-corrected chi connectivity index (χ1v) is 8.14. The third-order valence-corrected chi connectivity index (χ3v) is 4.62. The number of hydrogen-bond acceptors (Lipinski definition) is 3. The smallest absolute Gasteiger partial charge is 0.267 e. The van der Waals surface area contributed by atoms with Crippen LogP contribution in [0.5, 0.6) is 0 Å². The zero-order chi connectivity index (χ0) is 15.8. The van der Waals surface area contributed by atoms with Gasteiger partial charge in [0.05, 0.1) is 11.7 Å². The molecule has 0 spiro atoms. The van der Waals surface area contributed by atoms with E-state index in [1.807, 2.05) is 35.2 Å². The van der Waals surface area contributed by atoms with Crippen molar-refractivity contribution in [1.29, 1.82) is 0 Å². The minimum Gasteiger partial charge on any atom is -0.338 e. The number of aromatic nitrogens is 2. The molecule has 1 aromatic carbocycles. The summed E-state index contributed by atoms with van der Waals surface area (Å²) in [6.07, 6.45) is 3.03. The summed E-state index contributed by atoms with van der Waals surface area (Å²) in [6, 6.07) is 13.1. The van der Waals surface area contributed by atoms with Gasteiger partial charge in [-0.05, 0) is 24.8 Å². The normalized spacial score (nSPS) is 17.8. The van der Waals surface area contributed by atoms with Gasteiger partial charge in [-0.15, -0.1) is 0 Å². The van der Waals surface area contributed by atoms with Crippen LogP contribution in [0, 0.1) is 5.92 Å². The highest BCUT2D eigenvalue weighted by Crippen LogP contribution is 2.34. The fourth-order valence-electron chi connectivity index (χ4n) is 2.96. The number of rotatable bonds is 4. The van der Waals surface area contributed by atoms with Crippen molar-refractivity contribution in [2.24, 2.45) is 5.92 Å². The van der Waals surface area contributed by atoms with E-state index in [0.717, 1.165) is 11.3 Å². The predicted octanol–water partition coefficient (Wildman–Crippen LogP) is 2.09. The lowest BCUT2D eigenvalue weighted by Crippen LogP contribution is -2.53. The quantitative estimate of drug-likeness (QED) is 0.869. The highest BCUT2D eigenvalue weighted by Gasteiger charge is 2.35. The molecule has 118 valence electrons. The summed E-state index contributed by atoms with van der Waals surface area (Å²) in [7, 11) is 0. The van der Waals surface area contributed by atoms with Crippen LogP contribution in [0.15, 0.2) is 47.3 Å². The molecule has 0 atom stereocenters. The van der Waals surface area contributed by atoms with Gasteiger partial charge in [-0.25, -0.2) is 4.68 Å². The molecule has 1 aliphatic heterocycles. The van der Waals surface area contributed by atoms with E-state index in [4.69, 9.17) is 0 Å². The second kappa shape index (κ2) is 5.65. The molecule has 2 aromatic rings. The van der Waals surface area contributed by atoms with Gasteiger partial charge in [0.25, 0.3) is 5.56 Å². The van der Waals surface area contributed by atoms with Crippen molar-refractivity contribution < 1.29 is 4.79 Å². The molecule has 2 fully saturated rings. The largest absolute Gasteiger partial charge is 0.338 e. The number of carbonyl (C=O) groups is 1. The van der Waals surface area contributed by atoms with Crippen LogP contribution in [0.1, 0.15) is 25.3 Å². The van der Waals surface area contributed by atoms with Gasteiger partial charge in [0, 0.05) is 31.1 Å². The first kappa shape index (κ1) is 14.2. The number of carbonyl (C=O) groups excluding carboxylic acids is 1. The van der Waals surface area contributed by atoms with E-state index >= 15 is 0 Å². The molecule has 1 saturated carbocycles. The molecule has 0 bridgehead atoms. The molecule has 0 N–H and O–H groups in total. The van der Waals surface area contributed by atoms with Crippen LogP contribution >= 0.6 is 0 Å². The number of benzene rings is 1. The SMILES string of the molecule is O=C(CC1CC1)N1CC(n2nc(-c3ccccc3)ccc2=O)C1. The minimum absolute atomic E-state index is 0.00526. The Balaban J connectivity index is 1.49. The highest BCUT2D eigenvalue weighted by molar-refractivity contribution is 5.77. The Kier molecular flexibility index (Phi) is 3.48. The second-order valence-corrected chi connectivity index (χ2v) is 6.47. The van der Waals surface area contributed by atoms with Gasteiger partial charge in [-0.3, -0.25) is 9.59 Å². The van der Waals surface area contributed by atoms with E-state index in [9.17, 15) is 9.59 Å². The summed E-state index contributed by atoms with van der Waals surface area (Å²) in [6.45, 7) is 1.19. The topological polar surface area (TPSA) is 55.2 Å². The van der Waals surface area contributed by atoms with E-state index in [2.05, 4.69) is 5.10 Å². The van der Waals surface area contributed by atoms with Crippen LogP contribution in [-0.2, 0) is 4.79 Å². The van der Waals surface area contributed by atoms with E-state index in [1.165, 1.54) is 17.5 Å². The predicted molar refractivity (Wildman–Crippen MR) is 86.9 cm³/mol. The van der Waals surface area contributed by atoms with Crippen molar-refractivity contribution in [2.45, 2.75) is 25.3 Å². The summed E-state index contributed by atoms with van der Waals surface area (Å²) >= 11 is 0. The Bertz CT molecular complexity index is 774. The fourth-order valence-corrected chi connectivity index (χ4v) is 2.96. The van der Waals surface area contributed by atoms with Crippen LogP contribution in [0.3, 0.4) is 0 Å². The van der Waals surface area contributed by atoms with Gasteiger partial charge in [-0.1, -0.05) is 30.3 Å². The van der Waals surface area contributed by atoms with Crippen molar-refractivity contribution in [3.8, 4) is 11.3 Å². The highest BCUT2D eigenvalue weighted by atomic mass is 16.2. The third kappa shape index (κ3) is 2.91. The molecule has 1 aromatic heterocycles. The lowest BCUT2D eigenvalue weighted by atomic mass is 10.1. The van der Waals surface area contributed by atoms with Crippen LogP contribution in [-0.4, -0.2) is 33.7 Å². The summed E-state index contributed by atoms with van der Waals surface area (Å²) in [4.78, 5) is 26.0. The first-order valence-electron chi connectivity index (χ1n) is 8.14. The van der Waals surface area contributed by atoms with Crippen LogP contribution in [0.2, 0.25) is 0 Å². The Morgan fingerprint density at radius 3 is 2.52 bits per heavy atom. The lowest BCUT2D eigenvalue weighted by molar-refractivity contribution is -0.137. The van der Waals surface area contributed by atoms with Crippen molar-refractivity contribution in [1.82, 2.24) is 14.7 Å². The molecule has 1 aliphatic carbocycles. The zero-order valence-corrected chi connectivity index (χ0v) is 12.9. The summed E-state index contributed by atoms with van der Waals surface area (Å²) in [5, 5.41) is 4.50. The van der Waals surface area contributed by atoms with Gasteiger partial charge < -0.3 is 4.90 Å². The molecule has 23 heavy (non-hydrogen) atoms. The van der Waals surface area contributed by atoms with Crippen molar-refractivity contribution in [3.63, 3.8) is 0 Å². The third-order valence-electron chi connectivity index (χ3n) is 4.62. The van der Waals surface area contributed by atoms with Crippen molar-refractivity contribution >= 4 is 5.91 Å². The average molecular weight is 309 g/mol. The Morgan fingerprint density at radius 1 is 1.09 bits per heavy atom. The molecule has 0 radical (unpaired) electrons. The Hall–Kier alpha value is -2.43. The summed E-state index contributed by atoms with van der Waals surface area (Å²) in [5.41, 5.74) is 1.67. The van der Waals surface area contributed by atoms with E-state index in [1.54, 1.807) is 12.1 Å². The van der Waals surface area contributed by atoms with E-state index in [-0.39, 0.29) is 17.5 Å². The molecule has 2 aliphatic rings. The molecular formula is C18H19N3O2. The molecule has 1 amide bonds. The number of nitrogens with zero attached hydrogens (tertiary/aromatic N) is 3. The Labute approximate surface area is 134 Å². The molecule has 2 heterocycles. The number of hydrogen-bond donors (Lipinski definition) is 0. The van der Waals surface area contributed by atoms with Crippen LogP contribution in [0.4, 0.5) is 0 Å². The zero-order valence-electron chi connectivity index (χ0n) is 12.9. The molecular weight excluding hydrogens is 290 g/mol. The molecule has 0 unspecified atom stereocenters.